The SMILES string of the molecule is COc1cc2c(Oc3ccc(-c4cnc(Cc5ccccc5)n(C)c4=O)cc3F)ccnc2cc1OCCCN1CCCC1. The van der Waals surface area contributed by atoms with Crippen LogP contribution in [0.4, 0.5) is 4.39 Å². The summed E-state index contributed by atoms with van der Waals surface area (Å²) in [6.07, 6.45) is 7.09. The van der Waals surface area contributed by atoms with Crippen molar-refractivity contribution in [2.24, 2.45) is 7.05 Å². The zero-order valence-electron chi connectivity index (χ0n) is 25.0. The Bertz CT molecular complexity index is 1820. The summed E-state index contributed by atoms with van der Waals surface area (Å²) in [6.45, 7) is 3.90. The molecule has 0 atom stereocenters. The summed E-state index contributed by atoms with van der Waals surface area (Å²) in [4.78, 5) is 24.6. The number of hydrogen-bond donors (Lipinski definition) is 0. The fraction of sp³-hybridized carbons (Fsp3) is 0.286. The van der Waals surface area contributed by atoms with Gasteiger partial charge in [0.25, 0.3) is 5.56 Å². The Morgan fingerprint density at radius 1 is 0.909 bits per heavy atom. The van der Waals surface area contributed by atoms with E-state index in [2.05, 4.69) is 14.9 Å². The number of likely N-dealkylation sites (tertiary alicyclic amines) is 1. The third-order valence-electron chi connectivity index (χ3n) is 7.99. The van der Waals surface area contributed by atoms with Crippen molar-refractivity contribution >= 4 is 10.9 Å². The van der Waals surface area contributed by atoms with Gasteiger partial charge in [0.05, 0.1) is 24.8 Å². The van der Waals surface area contributed by atoms with Gasteiger partial charge in [0.15, 0.2) is 23.1 Å². The molecule has 8 nitrogen and oxygen atoms in total. The molecule has 1 saturated heterocycles. The van der Waals surface area contributed by atoms with Crippen LogP contribution in [-0.4, -0.2) is 52.8 Å². The van der Waals surface area contributed by atoms with E-state index in [4.69, 9.17) is 14.2 Å². The normalized spacial score (nSPS) is 13.3. The summed E-state index contributed by atoms with van der Waals surface area (Å²) in [5, 5.41) is 0.657. The first-order chi connectivity index (χ1) is 21.5. The number of ether oxygens (including phenoxy) is 3. The number of nitrogens with zero attached hydrogens (tertiary/aromatic N) is 4. The highest BCUT2D eigenvalue weighted by Crippen LogP contribution is 2.38. The lowest BCUT2D eigenvalue weighted by molar-refractivity contribution is 0.254. The van der Waals surface area contributed by atoms with Gasteiger partial charge in [0.1, 0.15) is 11.6 Å². The van der Waals surface area contributed by atoms with Gasteiger partial charge in [0, 0.05) is 43.9 Å². The molecule has 0 spiro atoms. The van der Waals surface area contributed by atoms with Crippen molar-refractivity contribution in [3.05, 3.63) is 107 Å². The van der Waals surface area contributed by atoms with Crippen molar-refractivity contribution in [1.29, 1.82) is 0 Å². The lowest BCUT2D eigenvalue weighted by Crippen LogP contribution is -2.23. The van der Waals surface area contributed by atoms with E-state index in [1.54, 1.807) is 38.6 Å². The molecule has 2 aromatic heterocycles. The third-order valence-corrected chi connectivity index (χ3v) is 7.99. The van der Waals surface area contributed by atoms with Gasteiger partial charge in [-0.05, 0) is 67.7 Å². The van der Waals surface area contributed by atoms with Crippen LogP contribution in [0.5, 0.6) is 23.0 Å². The summed E-state index contributed by atoms with van der Waals surface area (Å²) >= 11 is 0. The quantitative estimate of drug-likeness (QED) is 0.164. The minimum Gasteiger partial charge on any atom is -0.493 e. The monoisotopic (exact) mass is 594 g/mol. The van der Waals surface area contributed by atoms with Crippen LogP contribution in [0.15, 0.2) is 83.9 Å². The van der Waals surface area contributed by atoms with Crippen LogP contribution in [0.2, 0.25) is 0 Å². The Morgan fingerprint density at radius 2 is 1.73 bits per heavy atom. The van der Waals surface area contributed by atoms with Crippen LogP contribution in [0, 0.1) is 5.82 Å². The van der Waals surface area contributed by atoms with Crippen molar-refractivity contribution in [2.45, 2.75) is 25.7 Å². The summed E-state index contributed by atoms with van der Waals surface area (Å²) < 4.78 is 34.6. The second-order valence-corrected chi connectivity index (χ2v) is 10.9. The summed E-state index contributed by atoms with van der Waals surface area (Å²) in [5.41, 5.74) is 2.16. The Labute approximate surface area is 255 Å². The standard InChI is InChI=1S/C35H35FN4O4/c1-39-34(19-24-9-4-3-5-10-24)38-23-27(35(39)41)25-11-12-31(28(36)20-25)44-30-13-14-37-29-22-33(32(42-2)21-26(29)30)43-18-8-17-40-15-6-7-16-40/h3-5,9-14,20-23H,6-8,15-19H2,1-2H3. The van der Waals surface area contributed by atoms with Crippen LogP contribution in [0.25, 0.3) is 22.0 Å². The molecule has 3 aromatic carbocycles. The molecule has 1 aliphatic heterocycles. The number of methoxy groups -OCH3 is 1. The van der Waals surface area contributed by atoms with Gasteiger partial charge < -0.3 is 19.1 Å². The van der Waals surface area contributed by atoms with Gasteiger partial charge in [-0.15, -0.1) is 0 Å². The lowest BCUT2D eigenvalue weighted by Gasteiger charge is -2.16. The predicted octanol–water partition coefficient (Wildman–Crippen LogP) is 6.39. The average Bonchev–Trinajstić information content (AvgIpc) is 3.57. The molecular formula is C35H35FN4O4. The molecule has 0 unspecified atom stereocenters. The van der Waals surface area contributed by atoms with E-state index in [0.717, 1.165) is 31.6 Å². The van der Waals surface area contributed by atoms with Gasteiger partial charge in [-0.25, -0.2) is 9.37 Å². The molecule has 44 heavy (non-hydrogen) atoms. The van der Waals surface area contributed by atoms with Crippen LogP contribution in [0.3, 0.4) is 0 Å². The maximum Gasteiger partial charge on any atom is 0.261 e. The smallest absolute Gasteiger partial charge is 0.261 e. The Balaban J connectivity index is 1.19. The van der Waals surface area contributed by atoms with Crippen LogP contribution < -0.4 is 19.8 Å². The van der Waals surface area contributed by atoms with Gasteiger partial charge in [0.2, 0.25) is 0 Å². The van der Waals surface area contributed by atoms with E-state index in [1.165, 1.54) is 35.7 Å². The predicted molar refractivity (Wildman–Crippen MR) is 168 cm³/mol. The maximum atomic E-state index is 15.4. The molecule has 0 aliphatic carbocycles. The molecule has 3 heterocycles. The highest BCUT2D eigenvalue weighted by molar-refractivity contribution is 5.88. The zero-order valence-corrected chi connectivity index (χ0v) is 25.0. The lowest BCUT2D eigenvalue weighted by atomic mass is 10.1. The molecule has 6 rings (SSSR count). The third kappa shape index (κ3) is 6.43. The molecule has 226 valence electrons. The van der Waals surface area contributed by atoms with Crippen molar-refractivity contribution < 1.29 is 18.6 Å². The Morgan fingerprint density at radius 3 is 2.50 bits per heavy atom. The van der Waals surface area contributed by atoms with E-state index in [1.807, 2.05) is 36.4 Å². The molecule has 1 fully saturated rings. The van der Waals surface area contributed by atoms with Crippen molar-refractivity contribution in [1.82, 2.24) is 19.4 Å². The fourth-order valence-corrected chi connectivity index (χ4v) is 5.56. The first-order valence-electron chi connectivity index (χ1n) is 14.9. The highest BCUT2D eigenvalue weighted by atomic mass is 19.1. The van der Waals surface area contributed by atoms with Gasteiger partial charge in [-0.2, -0.15) is 0 Å². The number of pyridine rings is 1. The van der Waals surface area contributed by atoms with Crippen LogP contribution >= 0.6 is 0 Å². The van der Waals surface area contributed by atoms with Crippen molar-refractivity contribution in [3.63, 3.8) is 0 Å². The number of hydrogen-bond acceptors (Lipinski definition) is 7. The largest absolute Gasteiger partial charge is 0.493 e. The van der Waals surface area contributed by atoms with Crippen LogP contribution in [-0.2, 0) is 13.5 Å². The van der Waals surface area contributed by atoms with E-state index in [0.29, 0.717) is 58.1 Å². The van der Waals surface area contributed by atoms with E-state index in [9.17, 15) is 4.79 Å². The Kier molecular flexibility index (Phi) is 8.84. The van der Waals surface area contributed by atoms with E-state index >= 15 is 4.39 Å². The number of aromatic nitrogens is 3. The molecule has 0 N–H and O–H groups in total. The van der Waals surface area contributed by atoms with Gasteiger partial charge in [-0.3, -0.25) is 14.3 Å². The van der Waals surface area contributed by atoms with Crippen LogP contribution in [0.1, 0.15) is 30.7 Å². The van der Waals surface area contributed by atoms with Crippen molar-refractivity contribution in [3.8, 4) is 34.1 Å². The fourth-order valence-electron chi connectivity index (χ4n) is 5.56. The summed E-state index contributed by atoms with van der Waals surface area (Å²) in [6, 6.07) is 19.6. The molecule has 0 saturated carbocycles. The topological polar surface area (TPSA) is 78.7 Å². The van der Waals surface area contributed by atoms with Gasteiger partial charge in [-0.1, -0.05) is 36.4 Å². The average molecular weight is 595 g/mol. The summed E-state index contributed by atoms with van der Waals surface area (Å²) in [5.74, 6) is 1.61. The Hall–Kier alpha value is -4.76. The maximum absolute atomic E-state index is 15.4. The van der Waals surface area contributed by atoms with E-state index in [-0.39, 0.29) is 11.3 Å². The number of rotatable bonds is 11. The first kappa shape index (κ1) is 29.3. The van der Waals surface area contributed by atoms with Gasteiger partial charge >= 0.3 is 0 Å². The first-order valence-corrected chi connectivity index (χ1v) is 14.9. The zero-order chi connectivity index (χ0) is 30.5. The number of fused-ring (bicyclic) bond motifs is 1. The second-order valence-electron chi connectivity index (χ2n) is 10.9. The molecule has 9 heteroatoms. The molecule has 0 radical (unpaired) electrons. The molecular weight excluding hydrogens is 559 g/mol. The second kappa shape index (κ2) is 13.3. The molecule has 0 bridgehead atoms. The summed E-state index contributed by atoms with van der Waals surface area (Å²) in [7, 11) is 3.26. The number of benzene rings is 3. The van der Waals surface area contributed by atoms with Crippen molar-refractivity contribution in [2.75, 3.05) is 33.4 Å². The highest BCUT2D eigenvalue weighted by Gasteiger charge is 2.17. The molecule has 5 aromatic rings. The molecule has 1 aliphatic rings. The minimum absolute atomic E-state index is 0.0212. The molecule has 0 amide bonds. The van der Waals surface area contributed by atoms with E-state index < -0.39 is 5.82 Å². The number of halogens is 1. The minimum atomic E-state index is -0.604.